The Labute approximate surface area is 154 Å². The summed E-state index contributed by atoms with van der Waals surface area (Å²) in [6, 6.07) is 19.7. The van der Waals surface area contributed by atoms with Crippen LogP contribution in [0.15, 0.2) is 77.0 Å². The van der Waals surface area contributed by atoms with Gasteiger partial charge >= 0.3 is 6.48 Å². The minimum Gasteiger partial charge on any atom is -0.676 e. The van der Waals surface area contributed by atoms with E-state index in [1.807, 2.05) is 67.6 Å². The summed E-state index contributed by atoms with van der Waals surface area (Å²) < 4.78 is 6.42. The van der Waals surface area contributed by atoms with Gasteiger partial charge in [-0.25, -0.2) is 0 Å². The summed E-state index contributed by atoms with van der Waals surface area (Å²) >= 11 is 0. The Bertz CT molecular complexity index is 873. The van der Waals surface area contributed by atoms with E-state index < -0.39 is 6.48 Å². The van der Waals surface area contributed by atoms with E-state index in [-0.39, 0.29) is 12.3 Å². The fraction of sp³-hybridized carbons (Fsp3) is 0.143. The van der Waals surface area contributed by atoms with Crippen LogP contribution in [0.1, 0.15) is 13.8 Å². The number of nitrogens with zero attached hydrogens (tertiary/aromatic N) is 1. The smallest absolute Gasteiger partial charge is 0.336 e. The number of carbonyl (C=O) groups is 1. The fourth-order valence-electron chi connectivity index (χ4n) is 3.34. The molecular formula is C21H20BN2O2-. The van der Waals surface area contributed by atoms with Crippen molar-refractivity contribution < 1.29 is 9.45 Å². The zero-order valence-electron chi connectivity index (χ0n) is 14.9. The van der Waals surface area contributed by atoms with Crippen LogP contribution in [0.3, 0.4) is 0 Å². The molecule has 4 nitrogen and oxygen atoms in total. The lowest BCUT2D eigenvalue weighted by molar-refractivity contribution is -0.113. The minimum atomic E-state index is -1.92. The molecular weight excluding hydrogens is 323 g/mol. The Morgan fingerprint density at radius 3 is 2.12 bits per heavy atom. The Morgan fingerprint density at radius 2 is 1.65 bits per heavy atom. The highest BCUT2D eigenvalue weighted by Crippen LogP contribution is 2.23. The molecule has 0 unspecified atom stereocenters. The predicted octanol–water partition coefficient (Wildman–Crippen LogP) is 1.76. The predicted molar refractivity (Wildman–Crippen MR) is 107 cm³/mol. The molecule has 2 aromatic rings. The lowest BCUT2D eigenvalue weighted by atomic mass is 9.42. The topological polar surface area (TPSA) is 50.7 Å². The van der Waals surface area contributed by atoms with Gasteiger partial charge in [0.15, 0.2) is 11.7 Å². The molecule has 1 aliphatic rings. The van der Waals surface area contributed by atoms with Gasteiger partial charge in [-0.1, -0.05) is 66.6 Å². The first-order chi connectivity index (χ1) is 12.6. The van der Waals surface area contributed by atoms with Gasteiger partial charge in [0.05, 0.1) is 12.1 Å². The summed E-state index contributed by atoms with van der Waals surface area (Å²) in [4.78, 5) is 17.1. The number of rotatable bonds is 5. The van der Waals surface area contributed by atoms with Gasteiger partial charge < -0.3 is 14.9 Å². The molecule has 0 fully saturated rings. The first kappa shape index (κ1) is 17.6. The second-order valence-electron chi connectivity index (χ2n) is 6.22. The van der Waals surface area contributed by atoms with Crippen LogP contribution in [0.4, 0.5) is 0 Å². The summed E-state index contributed by atoms with van der Waals surface area (Å²) in [5.41, 5.74) is 2.93. The number of ketones is 1. The Balaban J connectivity index is 2.22. The van der Waals surface area contributed by atoms with Crippen molar-refractivity contribution in [2.45, 2.75) is 13.8 Å². The first-order valence-electron chi connectivity index (χ1n) is 8.52. The maximum Gasteiger partial charge on any atom is 0.336 e. The molecule has 1 N–H and O–H groups in total. The zero-order valence-corrected chi connectivity index (χ0v) is 14.9. The lowest BCUT2D eigenvalue weighted by Gasteiger charge is -2.45. The molecule has 0 aromatic heterocycles. The highest BCUT2D eigenvalue weighted by atomic mass is 16.5. The molecule has 0 saturated heterocycles. The average Bonchev–Trinajstić information content (AvgIpc) is 2.67. The van der Waals surface area contributed by atoms with Crippen molar-refractivity contribution in [1.29, 1.82) is 0 Å². The van der Waals surface area contributed by atoms with Crippen LogP contribution < -0.4 is 16.2 Å². The number of terminal acetylenes is 1. The molecule has 5 heteroatoms. The normalized spacial score (nSPS) is 15.5. The molecule has 0 atom stereocenters. The number of carbonyl (C=O) groups excluding carboxylic acids is 1. The standard InChI is InChI=1S/C21H20BN2O2/c1-4-15-23-21-20(17(3)25)16(2)24-22(26-21,18-11-7-5-8-12-18)19-13-9-6-10-14-19/h1,5-14,23H,15H2,2-3H3/q-1. The van der Waals surface area contributed by atoms with Gasteiger partial charge in [-0.05, 0) is 13.8 Å². The highest BCUT2D eigenvalue weighted by Gasteiger charge is 2.36. The number of allylic oxidation sites excluding steroid dienone is 1. The highest BCUT2D eigenvalue weighted by molar-refractivity contribution is 6.97. The van der Waals surface area contributed by atoms with Gasteiger partial charge in [-0.3, -0.25) is 4.79 Å². The Morgan fingerprint density at radius 1 is 1.12 bits per heavy atom. The zero-order chi connectivity index (χ0) is 18.6. The van der Waals surface area contributed by atoms with Gasteiger partial charge in [0.2, 0.25) is 0 Å². The molecule has 1 aliphatic heterocycles. The van der Waals surface area contributed by atoms with E-state index in [4.69, 9.17) is 16.0 Å². The molecule has 0 aliphatic carbocycles. The number of benzene rings is 2. The van der Waals surface area contributed by atoms with Crippen LogP contribution in [0.5, 0.6) is 0 Å². The largest absolute Gasteiger partial charge is 0.676 e. The summed E-state index contributed by atoms with van der Waals surface area (Å²) in [6.45, 7) is 1.67. The van der Waals surface area contributed by atoms with E-state index in [0.717, 1.165) is 10.9 Å². The third-order valence-corrected chi connectivity index (χ3v) is 4.46. The number of nitrogens with one attached hydrogen (secondary N) is 1. The van der Waals surface area contributed by atoms with Crippen molar-refractivity contribution in [2.75, 3.05) is 6.54 Å². The van der Waals surface area contributed by atoms with Crippen LogP contribution in [-0.4, -0.2) is 24.5 Å². The molecule has 0 bridgehead atoms. The SMILES string of the molecule is C#CCNC1=C(C(C)=O)C(C)=N[B-](c2ccccc2)(c2ccccc2)O1. The molecule has 130 valence electrons. The van der Waals surface area contributed by atoms with Crippen molar-refractivity contribution in [3.05, 3.63) is 72.1 Å². The van der Waals surface area contributed by atoms with Crippen molar-refractivity contribution in [2.24, 2.45) is 4.90 Å². The van der Waals surface area contributed by atoms with E-state index >= 15 is 0 Å². The molecule has 0 radical (unpaired) electrons. The van der Waals surface area contributed by atoms with Crippen molar-refractivity contribution >= 4 is 28.9 Å². The Hall–Kier alpha value is -3.26. The van der Waals surface area contributed by atoms with Gasteiger partial charge in [0, 0.05) is 5.71 Å². The quantitative estimate of drug-likeness (QED) is 0.665. The summed E-state index contributed by atoms with van der Waals surface area (Å²) in [7, 11) is 0. The van der Waals surface area contributed by atoms with Crippen LogP contribution in [0, 0.1) is 12.3 Å². The average molecular weight is 343 g/mol. The fourth-order valence-corrected chi connectivity index (χ4v) is 3.34. The number of hydrogen-bond donors (Lipinski definition) is 1. The Kier molecular flexibility index (Phi) is 4.95. The number of hydrogen-bond acceptors (Lipinski definition) is 4. The summed E-state index contributed by atoms with van der Waals surface area (Å²) in [5.74, 6) is 2.80. The molecule has 2 aromatic carbocycles. The molecule has 3 rings (SSSR count). The van der Waals surface area contributed by atoms with Crippen LogP contribution >= 0.6 is 0 Å². The van der Waals surface area contributed by atoms with Crippen LogP contribution in [0.25, 0.3) is 0 Å². The molecule has 1 heterocycles. The van der Waals surface area contributed by atoms with Gasteiger partial charge in [0.25, 0.3) is 0 Å². The second-order valence-corrected chi connectivity index (χ2v) is 6.22. The lowest BCUT2D eigenvalue weighted by Crippen LogP contribution is -2.62. The molecule has 26 heavy (non-hydrogen) atoms. The van der Waals surface area contributed by atoms with E-state index in [9.17, 15) is 4.79 Å². The van der Waals surface area contributed by atoms with Crippen LogP contribution in [0.2, 0.25) is 0 Å². The van der Waals surface area contributed by atoms with Gasteiger partial charge in [0.1, 0.15) is 0 Å². The van der Waals surface area contributed by atoms with Gasteiger partial charge in [-0.2, -0.15) is 0 Å². The van der Waals surface area contributed by atoms with E-state index in [1.165, 1.54) is 6.92 Å². The molecule has 0 amide bonds. The van der Waals surface area contributed by atoms with Gasteiger partial charge in [-0.15, -0.1) is 17.3 Å². The summed E-state index contributed by atoms with van der Waals surface area (Å²) in [5, 5.41) is 3.06. The summed E-state index contributed by atoms with van der Waals surface area (Å²) in [6.07, 6.45) is 5.39. The van der Waals surface area contributed by atoms with Crippen molar-refractivity contribution in [3.8, 4) is 12.3 Å². The maximum absolute atomic E-state index is 12.2. The van der Waals surface area contributed by atoms with Crippen molar-refractivity contribution in [3.63, 3.8) is 0 Å². The molecule has 0 saturated carbocycles. The van der Waals surface area contributed by atoms with E-state index in [2.05, 4.69) is 11.2 Å². The van der Waals surface area contributed by atoms with Crippen LogP contribution in [-0.2, 0) is 9.45 Å². The maximum atomic E-state index is 12.2. The van der Waals surface area contributed by atoms with E-state index in [0.29, 0.717) is 17.2 Å². The monoisotopic (exact) mass is 343 g/mol. The molecule has 0 spiro atoms. The van der Waals surface area contributed by atoms with E-state index in [1.54, 1.807) is 0 Å². The third-order valence-electron chi connectivity index (χ3n) is 4.46. The third kappa shape index (κ3) is 3.14. The van der Waals surface area contributed by atoms with Crippen molar-refractivity contribution in [1.82, 2.24) is 5.32 Å². The first-order valence-corrected chi connectivity index (χ1v) is 8.52. The second kappa shape index (κ2) is 7.32. The number of Topliss-reactive ketones (excluding diaryl/α,β-unsaturated/α-hetero) is 1. The minimum absolute atomic E-state index is 0.115.